The van der Waals surface area contributed by atoms with Gasteiger partial charge >= 0.3 is 85.6 Å². The van der Waals surface area contributed by atoms with Gasteiger partial charge in [0, 0.05) is 32.4 Å². The number of hydrogen-bond acceptors (Lipinski definition) is 3. The van der Waals surface area contributed by atoms with Crippen molar-refractivity contribution in [2.45, 2.75) is 176 Å². The quantitative estimate of drug-likeness (QED) is 0.0558. The molecule has 7 rings (SSSR count). The first-order chi connectivity index (χ1) is 33.8. The zero-order chi connectivity index (χ0) is 53.3. The van der Waals surface area contributed by atoms with E-state index in [-0.39, 0.29) is 7.92 Å². The average Bonchev–Trinajstić information content (AvgIpc) is 3.80. The molecule has 1 heterocycles. The van der Waals surface area contributed by atoms with Crippen molar-refractivity contribution in [3.05, 3.63) is 150 Å². The Hall–Kier alpha value is -2.90. The Labute approximate surface area is 440 Å². The van der Waals surface area contributed by atoms with Gasteiger partial charge in [-0.05, 0) is 168 Å². The molecule has 0 bridgehead atoms. The summed E-state index contributed by atoms with van der Waals surface area (Å²) in [7, 11) is 11.3. The molecule has 4 fully saturated rings. The maximum absolute atomic E-state index is 10.6. The van der Waals surface area contributed by atoms with Gasteiger partial charge < -0.3 is 14.5 Å². The fourth-order valence-electron chi connectivity index (χ4n) is 10.1. The number of allylic oxidation sites excluding steroid dienone is 2. The summed E-state index contributed by atoms with van der Waals surface area (Å²) in [6.45, 7) is 30.1. The molecule has 4 aliphatic rings. The molecule has 1 aliphatic heterocycles. The molecule has 402 valence electrons. The van der Waals surface area contributed by atoms with Gasteiger partial charge in [0.05, 0.1) is 29.8 Å². The van der Waals surface area contributed by atoms with Crippen LogP contribution in [-0.2, 0) is 18.3 Å². The molecule has 3 nitrogen and oxygen atoms in total. The molecule has 3 aromatic carbocycles. The van der Waals surface area contributed by atoms with Gasteiger partial charge in [-0.25, -0.2) is 0 Å². The predicted octanol–water partition coefficient (Wildman–Crippen LogP) is 20.1. The van der Waals surface area contributed by atoms with E-state index in [0.717, 1.165) is 31.3 Å². The Morgan fingerprint density at radius 3 is 1.20 bits per heavy atom. The van der Waals surface area contributed by atoms with Crippen LogP contribution in [0, 0.1) is 48.2 Å². The van der Waals surface area contributed by atoms with Crippen LogP contribution in [-0.4, -0.2) is 41.3 Å². The molecule has 71 heavy (non-hydrogen) atoms. The number of anilines is 2. The van der Waals surface area contributed by atoms with Crippen molar-refractivity contribution in [3.63, 3.8) is 0 Å². The van der Waals surface area contributed by atoms with Crippen LogP contribution in [0.15, 0.2) is 104 Å². The Balaban J connectivity index is 0.000000467. The maximum atomic E-state index is 10.6. The molecule has 13 heteroatoms. The molecule has 0 spiro atoms. The first-order valence-corrected chi connectivity index (χ1v) is 32.5. The first kappa shape index (κ1) is 66.1. The fourth-order valence-corrected chi connectivity index (χ4v) is 17.2. The summed E-state index contributed by atoms with van der Waals surface area (Å²) < 4.78 is 68.9. The van der Waals surface area contributed by atoms with Crippen LogP contribution in [0.1, 0.15) is 156 Å². The standard InChI is InChI=1S/C21H27N2.C18H33P.C7H6.C4H8O.C3H4F2.C3H6.C2F4.2ClH.Ru/c1-14-9-16(3)20(17(4)10-14)22-7-8-23(13-22)21-18(5)11-15(2)12-19(21)6;1-4-10-16(11-5-1)19(17-12-6-2-7-13-17)18-14-8-3-9-15-18;1-7-5-3-2-4-6-7;1-3-5-4-2;1-2-3(4)5;1-3-2;3-1(4)2(5)6;;;/h9-13H,7-8H2,1-6H3;16-18H,1-15H2;1-6H;3H,1,4H2,2H3;2H,1H3;3H,1H2,2H3;;2*1H;/q-1;;;;;;;;;+2/p-1. The van der Waals surface area contributed by atoms with Crippen LogP contribution in [0.5, 0.6) is 0 Å². The third-order valence-electron chi connectivity index (χ3n) is 12.6. The second kappa shape index (κ2) is 38.6. The molecule has 0 atom stereocenters. The van der Waals surface area contributed by atoms with Gasteiger partial charge in [0.1, 0.15) is 0 Å². The van der Waals surface area contributed by atoms with E-state index in [1.165, 1.54) is 74.9 Å². The van der Waals surface area contributed by atoms with Gasteiger partial charge in [-0.3, -0.25) is 0 Å². The predicted molar refractivity (Wildman–Crippen MR) is 298 cm³/mol. The third kappa shape index (κ3) is 27.3. The van der Waals surface area contributed by atoms with Crippen molar-refractivity contribution in [2.24, 2.45) is 0 Å². The number of aryl methyl sites for hydroxylation is 6. The molecule has 0 unspecified atom stereocenters. The summed E-state index contributed by atoms with van der Waals surface area (Å²) in [6.07, 6.45) is 20.3. The Kier molecular flexibility index (Phi) is 36.0. The van der Waals surface area contributed by atoms with Crippen LogP contribution in [0.25, 0.3) is 0 Å². The molecule has 3 saturated carbocycles. The molecule has 0 radical (unpaired) electrons. The van der Waals surface area contributed by atoms with E-state index >= 15 is 0 Å². The molecular formula is C58H85Cl2F6N2OPRu. The number of nitrogens with zero attached hydrogens (tertiary/aromatic N) is 2. The Morgan fingerprint density at radius 1 is 0.634 bits per heavy atom. The van der Waals surface area contributed by atoms with Crippen LogP contribution in [0.2, 0.25) is 0 Å². The molecule has 3 aliphatic carbocycles. The Morgan fingerprint density at radius 2 is 0.958 bits per heavy atom. The van der Waals surface area contributed by atoms with E-state index in [2.05, 4.69) is 100 Å². The molecule has 0 N–H and O–H groups in total. The van der Waals surface area contributed by atoms with Crippen molar-refractivity contribution in [2.75, 3.05) is 29.5 Å². The van der Waals surface area contributed by atoms with Crippen molar-refractivity contribution >= 4 is 43.3 Å². The van der Waals surface area contributed by atoms with Crippen molar-refractivity contribution in [3.8, 4) is 0 Å². The first-order valence-electron chi connectivity index (χ1n) is 25.3. The zero-order valence-electron chi connectivity index (χ0n) is 44.1. The second-order valence-corrected chi connectivity index (χ2v) is 27.5. The van der Waals surface area contributed by atoms with E-state index in [1.54, 1.807) is 102 Å². The fraction of sp³-hybridized carbons (Fsp3) is 0.517. The minimum atomic E-state index is -2.91. The Bertz CT molecular complexity index is 1880. The number of benzene rings is 3. The van der Waals surface area contributed by atoms with E-state index in [9.17, 15) is 26.3 Å². The minimum absolute atomic E-state index is 0.0465. The zero-order valence-corrected chi connectivity index (χ0v) is 48.4. The molecular weight excluding hydrogens is 1060 g/mol. The monoisotopic (exact) mass is 1140 g/mol. The normalized spacial score (nSPS) is 15.8. The average molecular weight is 1140 g/mol. The number of halogens is 8. The van der Waals surface area contributed by atoms with E-state index in [4.69, 9.17) is 19.4 Å². The second-order valence-electron chi connectivity index (χ2n) is 18.3. The van der Waals surface area contributed by atoms with Crippen molar-refractivity contribution in [1.29, 1.82) is 0 Å². The van der Waals surface area contributed by atoms with Gasteiger partial charge in [0.2, 0.25) is 0 Å². The molecule has 3 aromatic rings. The van der Waals surface area contributed by atoms with Crippen molar-refractivity contribution < 1.29 is 44.6 Å². The van der Waals surface area contributed by atoms with Gasteiger partial charge in [-0.15, -0.1) is 6.58 Å². The van der Waals surface area contributed by atoms with E-state index in [0.29, 0.717) is 0 Å². The SMILES string of the molecule is C1CCC([PH+](C2CCCCC2)C2CCCCC2)CC1.C=CC.C=COCC.CC=C(F)F.Cc1cc(C)c(N2[CH-]N(c3c(C)cc(C)cc3C)CC2)c(C)c1.FC(F)=C(F)F.[Cl][Ru]([Cl])=[CH]c1ccccc1. The van der Waals surface area contributed by atoms with Gasteiger partial charge in [0.15, 0.2) is 0 Å². The molecule has 0 aromatic heterocycles. The van der Waals surface area contributed by atoms with Crippen LogP contribution in [0.4, 0.5) is 37.7 Å². The number of hydrogen-bond donors (Lipinski definition) is 0. The van der Waals surface area contributed by atoms with E-state index < -0.39 is 31.8 Å². The number of rotatable bonds is 8. The topological polar surface area (TPSA) is 15.7 Å². The van der Waals surface area contributed by atoms with Crippen LogP contribution < -0.4 is 9.80 Å². The summed E-state index contributed by atoms with van der Waals surface area (Å²) >= 11 is -1.61. The molecule has 1 saturated heterocycles. The van der Waals surface area contributed by atoms with Gasteiger partial charge in [0.25, 0.3) is 6.08 Å². The summed E-state index contributed by atoms with van der Waals surface area (Å²) in [5.41, 5.74) is 15.6. The molecule has 0 amide bonds. The third-order valence-corrected chi connectivity index (χ3v) is 19.0. The summed E-state index contributed by atoms with van der Waals surface area (Å²) in [5, 5.41) is 0. The summed E-state index contributed by atoms with van der Waals surface area (Å²) in [5.74, 6) is 0. The summed E-state index contributed by atoms with van der Waals surface area (Å²) in [4.78, 5) is 4.81. The van der Waals surface area contributed by atoms with E-state index in [1.807, 2.05) is 48.8 Å². The van der Waals surface area contributed by atoms with Crippen LogP contribution >= 0.6 is 27.3 Å². The van der Waals surface area contributed by atoms with Crippen LogP contribution in [0.3, 0.4) is 0 Å². The van der Waals surface area contributed by atoms with Gasteiger partial charge in [-0.2, -0.15) is 33.0 Å². The van der Waals surface area contributed by atoms with Crippen molar-refractivity contribution in [1.82, 2.24) is 0 Å². The summed E-state index contributed by atoms with van der Waals surface area (Å²) in [6, 6.07) is 19.0. The van der Waals surface area contributed by atoms with Gasteiger partial charge in [-0.1, -0.05) is 67.3 Å². The number of ether oxygens (including phenoxy) is 1.